The number of aromatic nitrogens is 7. The Bertz CT molecular complexity index is 1140. The van der Waals surface area contributed by atoms with E-state index >= 15 is 0 Å². The molecule has 152 valence electrons. The summed E-state index contributed by atoms with van der Waals surface area (Å²) in [5.74, 6) is 0. The van der Waals surface area contributed by atoms with Gasteiger partial charge in [-0.2, -0.15) is 10.2 Å². The van der Waals surface area contributed by atoms with Crippen LogP contribution in [0.5, 0.6) is 6.01 Å². The zero-order chi connectivity index (χ0) is 19.9. The van der Waals surface area contributed by atoms with Gasteiger partial charge in [-0.05, 0) is 43.9 Å². The first-order valence-corrected chi connectivity index (χ1v) is 10.4. The summed E-state index contributed by atoms with van der Waals surface area (Å²) < 4.78 is 7.87. The molecule has 2 bridgehead atoms. The van der Waals surface area contributed by atoms with Crippen LogP contribution in [0.4, 0.5) is 0 Å². The first-order valence-electron chi connectivity index (χ1n) is 10.4. The lowest BCUT2D eigenvalue weighted by Gasteiger charge is -2.39. The van der Waals surface area contributed by atoms with E-state index in [0.29, 0.717) is 23.8 Å². The number of ether oxygens (including phenoxy) is 1. The third kappa shape index (κ3) is 3.11. The Hall–Kier alpha value is -3.33. The Morgan fingerprint density at radius 2 is 1.97 bits per heavy atom. The van der Waals surface area contributed by atoms with Crippen molar-refractivity contribution in [2.24, 2.45) is 0 Å². The summed E-state index contributed by atoms with van der Waals surface area (Å²) in [6.45, 7) is 0. The maximum atomic E-state index is 6.07. The van der Waals surface area contributed by atoms with E-state index < -0.39 is 0 Å². The van der Waals surface area contributed by atoms with Crippen molar-refractivity contribution in [1.29, 1.82) is 0 Å². The van der Waals surface area contributed by atoms with E-state index in [2.05, 4.69) is 35.8 Å². The number of hydrogen-bond acceptors (Lipinski definition) is 7. The van der Waals surface area contributed by atoms with E-state index in [-0.39, 0.29) is 6.10 Å². The highest BCUT2D eigenvalue weighted by Gasteiger charge is 2.32. The minimum Gasteiger partial charge on any atom is -0.459 e. The summed E-state index contributed by atoms with van der Waals surface area (Å²) in [4.78, 5) is 4.44. The van der Waals surface area contributed by atoms with Crippen LogP contribution in [0.2, 0.25) is 0 Å². The van der Waals surface area contributed by atoms with Crippen LogP contribution in [0.15, 0.2) is 43.0 Å². The van der Waals surface area contributed by atoms with Crippen LogP contribution in [0, 0.1) is 0 Å². The normalized spacial score (nSPS) is 23.5. The second-order valence-electron chi connectivity index (χ2n) is 8.07. The summed E-state index contributed by atoms with van der Waals surface area (Å²) in [5, 5.41) is 24.9. The number of benzene rings is 1. The van der Waals surface area contributed by atoms with Crippen molar-refractivity contribution < 1.29 is 4.74 Å². The predicted molar refractivity (Wildman–Crippen MR) is 110 cm³/mol. The van der Waals surface area contributed by atoms with Gasteiger partial charge >= 0.3 is 6.01 Å². The number of piperidine rings is 2. The molecule has 0 radical (unpaired) electrons. The molecule has 1 aromatic carbocycles. The fourth-order valence-corrected chi connectivity index (χ4v) is 4.75. The lowest BCUT2D eigenvalue weighted by molar-refractivity contribution is 0.0838. The number of rotatable bonds is 4. The van der Waals surface area contributed by atoms with Gasteiger partial charge in [-0.25, -0.2) is 9.67 Å². The third-order valence-electron chi connectivity index (χ3n) is 6.10. The molecule has 1 unspecified atom stereocenters. The highest BCUT2D eigenvalue weighted by atomic mass is 16.5. The molecule has 4 aromatic rings. The molecular weight excluding hydrogens is 380 g/mol. The van der Waals surface area contributed by atoms with Crippen molar-refractivity contribution in [3.63, 3.8) is 0 Å². The van der Waals surface area contributed by atoms with Gasteiger partial charge in [0.15, 0.2) is 0 Å². The lowest BCUT2D eigenvalue weighted by Crippen LogP contribution is -2.51. The topological polar surface area (TPSA) is 106 Å². The Labute approximate surface area is 172 Å². The van der Waals surface area contributed by atoms with Gasteiger partial charge in [-0.15, -0.1) is 5.10 Å². The molecule has 2 saturated heterocycles. The maximum absolute atomic E-state index is 6.07. The van der Waals surface area contributed by atoms with Crippen molar-refractivity contribution in [2.75, 3.05) is 0 Å². The molecule has 3 atom stereocenters. The standard InChI is InChI=1S/C21H22N8O/c1-3-13-9-15(10-14(4-1)25-13)30-21-22-12-18(26-28-21)16-5-6-19(29-8-2-7-24-29)20-17(16)11-23-27-20/h2,5-8,11-15,25H,1,3-4,9-10H2,(H,23,27)/t13-,14+,15?. The van der Waals surface area contributed by atoms with Crippen molar-refractivity contribution in [2.45, 2.75) is 50.3 Å². The van der Waals surface area contributed by atoms with Crippen LogP contribution in [0.1, 0.15) is 32.1 Å². The second-order valence-corrected chi connectivity index (χ2v) is 8.07. The monoisotopic (exact) mass is 402 g/mol. The van der Waals surface area contributed by atoms with E-state index in [9.17, 15) is 0 Å². The van der Waals surface area contributed by atoms with E-state index in [4.69, 9.17) is 4.74 Å². The number of H-pyrrole nitrogens is 1. The van der Waals surface area contributed by atoms with Gasteiger partial charge < -0.3 is 10.1 Å². The van der Waals surface area contributed by atoms with E-state index in [1.165, 1.54) is 19.3 Å². The van der Waals surface area contributed by atoms with Gasteiger partial charge in [0.2, 0.25) is 0 Å². The number of nitrogens with zero attached hydrogens (tertiary/aromatic N) is 6. The molecule has 0 aliphatic carbocycles. The van der Waals surface area contributed by atoms with E-state index in [0.717, 1.165) is 35.0 Å². The van der Waals surface area contributed by atoms with Crippen molar-refractivity contribution in [3.05, 3.63) is 43.0 Å². The van der Waals surface area contributed by atoms with Crippen molar-refractivity contribution in [3.8, 4) is 23.0 Å². The van der Waals surface area contributed by atoms with Crippen molar-refractivity contribution >= 4 is 10.9 Å². The number of fused-ring (bicyclic) bond motifs is 3. The molecule has 9 nitrogen and oxygen atoms in total. The maximum Gasteiger partial charge on any atom is 0.335 e. The average molecular weight is 402 g/mol. The Kier molecular flexibility index (Phi) is 4.19. The predicted octanol–water partition coefficient (Wildman–Crippen LogP) is 2.65. The summed E-state index contributed by atoms with van der Waals surface area (Å²) >= 11 is 0. The Morgan fingerprint density at radius 1 is 1.07 bits per heavy atom. The average Bonchev–Trinajstić information content (AvgIpc) is 3.46. The third-order valence-corrected chi connectivity index (χ3v) is 6.10. The van der Waals surface area contributed by atoms with Gasteiger partial charge in [0, 0.05) is 35.4 Å². The molecule has 0 spiro atoms. The molecule has 30 heavy (non-hydrogen) atoms. The van der Waals surface area contributed by atoms with E-state index in [1.807, 2.05) is 24.4 Å². The molecular formula is C21H22N8O. The zero-order valence-electron chi connectivity index (χ0n) is 16.4. The number of nitrogens with one attached hydrogen (secondary N) is 2. The van der Waals surface area contributed by atoms with Gasteiger partial charge in [0.05, 0.1) is 23.6 Å². The van der Waals surface area contributed by atoms with E-state index in [1.54, 1.807) is 23.3 Å². The minimum absolute atomic E-state index is 0.156. The second kappa shape index (κ2) is 7.17. The molecule has 5 heterocycles. The zero-order valence-corrected chi connectivity index (χ0v) is 16.4. The first kappa shape index (κ1) is 17.5. The minimum atomic E-state index is 0.156. The van der Waals surface area contributed by atoms with Crippen LogP contribution in [-0.4, -0.2) is 53.3 Å². The Balaban J connectivity index is 1.25. The fourth-order valence-electron chi connectivity index (χ4n) is 4.75. The smallest absolute Gasteiger partial charge is 0.335 e. The highest BCUT2D eigenvalue weighted by molar-refractivity contribution is 5.97. The molecule has 2 N–H and O–H groups in total. The molecule has 3 aromatic heterocycles. The van der Waals surface area contributed by atoms with Gasteiger partial charge in [-0.1, -0.05) is 11.5 Å². The summed E-state index contributed by atoms with van der Waals surface area (Å²) in [5.41, 5.74) is 3.41. The van der Waals surface area contributed by atoms with Gasteiger partial charge in [0.25, 0.3) is 0 Å². The van der Waals surface area contributed by atoms with Crippen LogP contribution >= 0.6 is 0 Å². The number of hydrogen-bond donors (Lipinski definition) is 2. The lowest BCUT2D eigenvalue weighted by atomic mass is 9.85. The summed E-state index contributed by atoms with van der Waals surface area (Å²) in [7, 11) is 0. The largest absolute Gasteiger partial charge is 0.459 e. The molecule has 0 saturated carbocycles. The molecule has 2 fully saturated rings. The van der Waals surface area contributed by atoms with Crippen LogP contribution in [-0.2, 0) is 0 Å². The summed E-state index contributed by atoms with van der Waals surface area (Å²) in [6.07, 6.45) is 13.1. The van der Waals surface area contributed by atoms with Crippen LogP contribution in [0.25, 0.3) is 27.8 Å². The summed E-state index contributed by atoms with van der Waals surface area (Å²) in [6, 6.07) is 7.33. The molecule has 2 aliphatic rings. The van der Waals surface area contributed by atoms with Crippen molar-refractivity contribution in [1.82, 2.24) is 40.5 Å². The van der Waals surface area contributed by atoms with Crippen LogP contribution in [0.3, 0.4) is 0 Å². The molecule has 2 aliphatic heterocycles. The molecule has 6 rings (SSSR count). The van der Waals surface area contributed by atoms with Crippen LogP contribution < -0.4 is 10.1 Å². The first-order chi connectivity index (χ1) is 14.8. The SMILES string of the molecule is c1cnn(-c2ccc(-c3cnc(OC4C[C@H]5CCC[C@@H](C4)N5)nn3)c3cn[nH]c23)c1. The Morgan fingerprint density at radius 3 is 2.73 bits per heavy atom. The fraction of sp³-hybridized carbons (Fsp3) is 0.381. The quantitative estimate of drug-likeness (QED) is 0.540. The van der Waals surface area contributed by atoms with Gasteiger partial charge in [0.1, 0.15) is 11.8 Å². The van der Waals surface area contributed by atoms with Gasteiger partial charge in [-0.3, -0.25) is 5.10 Å². The highest BCUT2D eigenvalue weighted by Crippen LogP contribution is 2.30. The molecule has 0 amide bonds. The number of aromatic amines is 1. The molecule has 9 heteroatoms.